The molecule has 0 aromatic heterocycles. The Bertz CT molecular complexity index is 1010. The van der Waals surface area contributed by atoms with Gasteiger partial charge in [0.25, 0.3) is 0 Å². The summed E-state index contributed by atoms with van der Waals surface area (Å²) in [5, 5.41) is 5.48. The quantitative estimate of drug-likeness (QED) is 0.289. The Morgan fingerprint density at radius 2 is 1.27 bits per heavy atom. The van der Waals surface area contributed by atoms with Gasteiger partial charge in [-0.3, -0.25) is 6.08 Å². The molecule has 2 aliphatic carbocycles. The Kier molecular flexibility index (Phi) is 7.24. The molecule has 3 aromatic rings. The average Bonchev–Trinajstić information content (AvgIpc) is 3.15. The predicted octanol–water partition coefficient (Wildman–Crippen LogP) is 8.11. The fourth-order valence-electron chi connectivity index (χ4n) is 3.36. The number of hydrogen-bond acceptors (Lipinski definition) is 0. The molecule has 0 bridgehead atoms. The van der Waals surface area contributed by atoms with Crippen LogP contribution in [0.3, 0.4) is 0 Å². The van der Waals surface area contributed by atoms with Gasteiger partial charge < -0.3 is 0 Å². The zero-order chi connectivity index (χ0) is 21.9. The number of hydrogen-bond donors (Lipinski definition) is 0. The zero-order valence-corrected chi connectivity index (χ0v) is 21.9. The van der Waals surface area contributed by atoms with Crippen molar-refractivity contribution >= 4 is 24.8 Å². The molecule has 1 saturated carbocycles. The van der Waals surface area contributed by atoms with Gasteiger partial charge in [-0.2, -0.15) is 6.08 Å². The predicted molar refractivity (Wildman–Crippen MR) is 130 cm³/mol. The van der Waals surface area contributed by atoms with E-state index in [4.69, 9.17) is 0 Å². The summed E-state index contributed by atoms with van der Waals surface area (Å²) in [5.41, 5.74) is 3.21. The van der Waals surface area contributed by atoms with Crippen molar-refractivity contribution in [2.75, 3.05) is 0 Å². The Labute approximate surface area is 197 Å². The molecule has 0 spiro atoms. The summed E-state index contributed by atoms with van der Waals surface area (Å²) < 4.78 is 1.76. The average molecular weight is 474 g/mol. The van der Waals surface area contributed by atoms with Gasteiger partial charge in [0.2, 0.25) is 0 Å². The van der Waals surface area contributed by atoms with E-state index in [2.05, 4.69) is 96.2 Å². The summed E-state index contributed by atoms with van der Waals surface area (Å²) in [4.78, 5) is 0. The van der Waals surface area contributed by atoms with Crippen LogP contribution in [0.1, 0.15) is 71.9 Å². The second-order valence-electron chi connectivity index (χ2n) is 10.4. The van der Waals surface area contributed by atoms with Crippen LogP contribution in [0.2, 0.25) is 0 Å². The molecular formula is C29H34Zr. The standard InChI is InChI=1S/C21H25.C5H5.C3H4.Zr/c1-20(2,3)16-7-9-18-14(12-16)11-15-13-17(21(4,5)6)8-10-19(15)18;1-2-4-5-3-1;1-2-3-1;/h7-13H,1-6H3;1-3H,4H2;1-2H2;/q2*-1;;+2. The van der Waals surface area contributed by atoms with Gasteiger partial charge in [-0.1, -0.05) is 76.9 Å². The molecular weight excluding hydrogens is 440 g/mol. The fourth-order valence-corrected chi connectivity index (χ4v) is 3.67. The topological polar surface area (TPSA) is 0 Å². The van der Waals surface area contributed by atoms with E-state index in [0.29, 0.717) is 0 Å². The van der Waals surface area contributed by atoms with Gasteiger partial charge in [-0.25, -0.2) is 12.2 Å². The molecule has 0 heterocycles. The van der Waals surface area contributed by atoms with Gasteiger partial charge in [0.05, 0.1) is 0 Å². The van der Waals surface area contributed by atoms with Crippen molar-refractivity contribution in [3.8, 4) is 0 Å². The number of allylic oxidation sites excluding steroid dienone is 4. The van der Waals surface area contributed by atoms with Gasteiger partial charge in [0.15, 0.2) is 0 Å². The van der Waals surface area contributed by atoms with Crippen molar-refractivity contribution in [3.05, 3.63) is 77.9 Å². The third-order valence-electron chi connectivity index (χ3n) is 5.52. The van der Waals surface area contributed by atoms with Crippen LogP contribution in [0, 0.1) is 6.08 Å². The van der Waals surface area contributed by atoms with Crippen molar-refractivity contribution in [3.63, 3.8) is 0 Å². The van der Waals surface area contributed by atoms with Gasteiger partial charge in [-0.15, -0.1) is 46.2 Å². The molecule has 154 valence electrons. The molecule has 3 aromatic carbocycles. The molecule has 0 N–H and O–H groups in total. The minimum absolute atomic E-state index is 0.203. The van der Waals surface area contributed by atoms with Gasteiger partial charge in [0.1, 0.15) is 0 Å². The minimum atomic E-state index is 0.203. The monoisotopic (exact) mass is 472 g/mol. The van der Waals surface area contributed by atoms with Crippen molar-refractivity contribution in [2.24, 2.45) is 0 Å². The van der Waals surface area contributed by atoms with Crippen molar-refractivity contribution in [1.82, 2.24) is 0 Å². The normalized spacial score (nSPS) is 15.1. The van der Waals surface area contributed by atoms with Crippen LogP contribution >= 0.6 is 0 Å². The van der Waals surface area contributed by atoms with E-state index in [1.807, 2.05) is 12.2 Å². The third kappa shape index (κ3) is 6.27. The maximum absolute atomic E-state index is 2.99. The number of rotatable bonds is 0. The Balaban J connectivity index is 0.000000233. The van der Waals surface area contributed by atoms with E-state index in [0.717, 1.165) is 6.42 Å². The first kappa shape index (κ1) is 23.2. The van der Waals surface area contributed by atoms with Crippen molar-refractivity contribution in [2.45, 2.75) is 71.6 Å². The first-order valence-corrected chi connectivity index (χ1v) is 12.2. The second kappa shape index (κ2) is 9.36. The van der Waals surface area contributed by atoms with E-state index >= 15 is 0 Å². The Morgan fingerprint density at radius 1 is 0.800 bits per heavy atom. The van der Waals surface area contributed by atoms with Gasteiger partial charge in [-0.05, 0) is 10.8 Å². The Morgan fingerprint density at radius 3 is 1.53 bits per heavy atom. The van der Waals surface area contributed by atoms with Crippen LogP contribution in [0.25, 0.3) is 21.5 Å². The van der Waals surface area contributed by atoms with Crippen LogP contribution < -0.4 is 0 Å². The van der Waals surface area contributed by atoms with Gasteiger partial charge >= 0.3 is 40.3 Å². The summed E-state index contributed by atoms with van der Waals surface area (Å²) >= 11 is 1.66. The molecule has 0 nitrogen and oxygen atoms in total. The number of fused-ring (bicyclic) bond motifs is 3. The molecule has 0 atom stereocenters. The summed E-state index contributed by atoms with van der Waals surface area (Å²) in [7, 11) is 0. The summed E-state index contributed by atoms with van der Waals surface area (Å²) in [5.74, 6) is 0. The van der Waals surface area contributed by atoms with E-state index in [1.54, 1.807) is 27.4 Å². The molecule has 1 heteroatoms. The van der Waals surface area contributed by atoms with Crippen molar-refractivity contribution < 1.29 is 24.2 Å². The maximum atomic E-state index is 2.99. The number of benzene rings is 2. The van der Waals surface area contributed by atoms with E-state index in [1.165, 1.54) is 45.5 Å². The molecule has 0 aliphatic heterocycles. The molecule has 30 heavy (non-hydrogen) atoms. The zero-order valence-electron chi connectivity index (χ0n) is 19.4. The Hall–Kier alpha value is -1.46. The first-order chi connectivity index (χ1) is 14.1. The van der Waals surface area contributed by atoms with E-state index < -0.39 is 0 Å². The molecule has 5 rings (SSSR count). The first-order valence-electron chi connectivity index (χ1n) is 11.0. The SMILES string of the molecule is CC(C)(C)c1ccc2c(c1)[cH-]c1cc(C(C)(C)C)ccc12.[C-]1=CC=CC1.[Zr+2]=[C]1CC1. The fraction of sp³-hybridized carbons (Fsp3) is 0.379. The van der Waals surface area contributed by atoms with E-state index in [9.17, 15) is 0 Å². The van der Waals surface area contributed by atoms with Crippen LogP contribution in [0.5, 0.6) is 0 Å². The van der Waals surface area contributed by atoms with Crippen LogP contribution in [0.15, 0.2) is 60.7 Å². The van der Waals surface area contributed by atoms with E-state index in [-0.39, 0.29) is 10.8 Å². The summed E-state index contributed by atoms with van der Waals surface area (Å²) in [6.45, 7) is 13.6. The third-order valence-corrected chi connectivity index (χ3v) is 6.75. The van der Waals surface area contributed by atoms with Crippen LogP contribution in [-0.2, 0) is 35.1 Å². The summed E-state index contributed by atoms with van der Waals surface area (Å²) in [6, 6.07) is 16.2. The molecule has 1 fully saturated rings. The molecule has 0 unspecified atom stereocenters. The molecule has 0 radical (unpaired) electrons. The molecule has 0 saturated heterocycles. The molecule has 0 amide bonds. The van der Waals surface area contributed by atoms with Gasteiger partial charge in [0, 0.05) is 0 Å². The van der Waals surface area contributed by atoms with Crippen LogP contribution in [0.4, 0.5) is 0 Å². The van der Waals surface area contributed by atoms with Crippen LogP contribution in [-0.4, -0.2) is 3.21 Å². The van der Waals surface area contributed by atoms with Crippen molar-refractivity contribution in [1.29, 1.82) is 0 Å². The summed E-state index contributed by atoms with van der Waals surface area (Å²) in [6.07, 6.45) is 12.9. The molecule has 2 aliphatic rings. The second-order valence-corrected chi connectivity index (χ2v) is 12.1.